The summed E-state index contributed by atoms with van der Waals surface area (Å²) < 4.78 is 23.8. The van der Waals surface area contributed by atoms with E-state index in [-0.39, 0.29) is 19.1 Å². The first-order valence-electron chi connectivity index (χ1n) is 33.2. The lowest BCUT2D eigenvalue weighted by atomic mass is 10.0. The van der Waals surface area contributed by atoms with E-state index in [4.69, 9.17) is 9.05 Å². The Morgan fingerprint density at radius 3 is 1.07 bits per heavy atom. The largest absolute Gasteiger partial charge is 0.472 e. The molecule has 3 N–H and O–H groups in total. The molecule has 0 aromatic heterocycles. The summed E-state index contributed by atoms with van der Waals surface area (Å²) in [7, 11) is 1.57. The Labute approximate surface area is 468 Å². The van der Waals surface area contributed by atoms with Crippen LogP contribution in [0, 0.1) is 0 Å². The van der Waals surface area contributed by atoms with Gasteiger partial charge in [0.05, 0.1) is 39.9 Å². The zero-order valence-corrected chi connectivity index (χ0v) is 52.0. The number of carbonyl (C=O) groups is 1. The molecule has 75 heavy (non-hydrogen) atoms. The number of amides is 1. The molecule has 0 saturated carbocycles. The maximum absolute atomic E-state index is 13.0. The third kappa shape index (κ3) is 60.5. The molecule has 0 heterocycles. The van der Waals surface area contributed by atoms with Crippen molar-refractivity contribution in [1.29, 1.82) is 0 Å². The van der Waals surface area contributed by atoms with Crippen molar-refractivity contribution in [2.24, 2.45) is 0 Å². The quantitative estimate of drug-likeness (QED) is 0.0243. The zero-order chi connectivity index (χ0) is 54.9. The summed E-state index contributed by atoms with van der Waals surface area (Å²) in [4.78, 5) is 23.4. The third-order valence-corrected chi connectivity index (χ3v) is 16.4. The van der Waals surface area contributed by atoms with E-state index in [0.717, 1.165) is 38.5 Å². The second-order valence-electron chi connectivity index (χ2n) is 24.2. The van der Waals surface area contributed by atoms with Gasteiger partial charge in [-0.1, -0.05) is 327 Å². The lowest BCUT2D eigenvalue weighted by Gasteiger charge is -2.25. The number of hydrogen-bond acceptors (Lipinski definition) is 5. The number of phosphoric ester groups is 1. The molecule has 3 atom stereocenters. The van der Waals surface area contributed by atoms with Crippen LogP contribution in [0.25, 0.3) is 0 Å². The first-order valence-corrected chi connectivity index (χ1v) is 34.7. The van der Waals surface area contributed by atoms with Gasteiger partial charge in [-0.05, 0) is 32.1 Å². The minimum Gasteiger partial charge on any atom is -0.387 e. The lowest BCUT2D eigenvalue weighted by Crippen LogP contribution is -2.45. The molecule has 0 aromatic rings. The maximum Gasteiger partial charge on any atom is 0.472 e. The molecule has 1 amide bonds. The summed E-state index contributed by atoms with van der Waals surface area (Å²) in [5, 5.41) is 14.0. The Balaban J connectivity index is 4.12. The highest BCUT2D eigenvalue weighted by molar-refractivity contribution is 7.47. The maximum atomic E-state index is 13.0. The number of hydrogen-bond donors (Lipinski definition) is 3. The normalized spacial score (nSPS) is 13.9. The minimum atomic E-state index is -4.36. The Morgan fingerprint density at radius 1 is 0.440 bits per heavy atom. The van der Waals surface area contributed by atoms with Crippen LogP contribution in [0.2, 0.25) is 0 Å². The number of rotatable bonds is 62. The molecule has 0 saturated heterocycles. The molecule has 0 aliphatic rings. The molecule has 446 valence electrons. The molecule has 3 unspecified atom stereocenters. The number of aliphatic hydroxyl groups excluding tert-OH is 1. The van der Waals surface area contributed by atoms with Crippen molar-refractivity contribution >= 4 is 13.7 Å². The van der Waals surface area contributed by atoms with Crippen molar-refractivity contribution in [2.75, 3.05) is 40.9 Å². The molecule has 0 bridgehead atoms. The van der Waals surface area contributed by atoms with Crippen LogP contribution in [-0.4, -0.2) is 73.4 Å². The summed E-state index contributed by atoms with van der Waals surface area (Å²) in [6.07, 6.45) is 74.6. The highest BCUT2D eigenvalue weighted by Crippen LogP contribution is 2.43. The molecule has 9 heteroatoms. The molecule has 0 rings (SSSR count). The predicted octanol–water partition coefficient (Wildman–Crippen LogP) is 20.7. The topological polar surface area (TPSA) is 105 Å². The average molecular weight is 1080 g/mol. The van der Waals surface area contributed by atoms with Crippen molar-refractivity contribution in [3.05, 3.63) is 24.3 Å². The fraction of sp³-hybridized carbons (Fsp3) is 0.924. The Bertz CT molecular complexity index is 1270. The van der Waals surface area contributed by atoms with E-state index in [2.05, 4.69) is 31.3 Å². The van der Waals surface area contributed by atoms with Crippen LogP contribution in [0.3, 0.4) is 0 Å². The fourth-order valence-electron chi connectivity index (χ4n) is 10.2. The SMILES string of the molecule is CCCCCCCCCCCCCCCCCCCCCCCC/C=C/CC/C=C/C(O)C(COP(=O)(O)OCC[N+](C)(C)C)NC(=O)CCCCCCCCCCCCCCCCCCCCCCCCCCC. The van der Waals surface area contributed by atoms with Gasteiger partial charge in [-0.15, -0.1) is 0 Å². The van der Waals surface area contributed by atoms with Crippen LogP contribution in [0.4, 0.5) is 0 Å². The Morgan fingerprint density at radius 2 is 0.733 bits per heavy atom. The van der Waals surface area contributed by atoms with Crippen molar-refractivity contribution < 1.29 is 32.9 Å². The van der Waals surface area contributed by atoms with Crippen molar-refractivity contribution in [1.82, 2.24) is 5.32 Å². The van der Waals surface area contributed by atoms with Crippen LogP contribution in [0.5, 0.6) is 0 Å². The molecule has 0 spiro atoms. The van der Waals surface area contributed by atoms with Crippen LogP contribution in [0.15, 0.2) is 24.3 Å². The van der Waals surface area contributed by atoms with E-state index in [9.17, 15) is 19.4 Å². The highest BCUT2D eigenvalue weighted by atomic mass is 31.2. The average Bonchev–Trinajstić information content (AvgIpc) is 3.37. The van der Waals surface area contributed by atoms with Gasteiger partial charge < -0.3 is 19.8 Å². The van der Waals surface area contributed by atoms with Crippen molar-refractivity contribution in [3.8, 4) is 0 Å². The van der Waals surface area contributed by atoms with Crippen LogP contribution < -0.4 is 5.32 Å². The number of likely N-dealkylation sites (N-methyl/N-ethyl adjacent to an activating group) is 1. The van der Waals surface area contributed by atoms with Gasteiger partial charge in [0.15, 0.2) is 0 Å². The van der Waals surface area contributed by atoms with Gasteiger partial charge in [-0.25, -0.2) is 4.57 Å². The molecular formula is C66H132N2O6P+. The number of aliphatic hydroxyl groups is 1. The van der Waals surface area contributed by atoms with Gasteiger partial charge in [-0.2, -0.15) is 0 Å². The first-order chi connectivity index (χ1) is 36.5. The molecule has 8 nitrogen and oxygen atoms in total. The Hall–Kier alpha value is -1.02. The van der Waals surface area contributed by atoms with E-state index in [1.165, 1.54) is 283 Å². The third-order valence-electron chi connectivity index (χ3n) is 15.4. The molecule has 0 aromatic carbocycles. The number of nitrogens with zero attached hydrogens (tertiary/aromatic N) is 1. The molecule has 0 radical (unpaired) electrons. The number of unbranched alkanes of at least 4 members (excludes halogenated alkanes) is 47. The first kappa shape index (κ1) is 74.0. The number of nitrogens with one attached hydrogen (secondary N) is 1. The van der Waals surface area contributed by atoms with E-state index in [1.54, 1.807) is 6.08 Å². The van der Waals surface area contributed by atoms with Gasteiger partial charge in [0, 0.05) is 6.42 Å². The number of carbonyl (C=O) groups excluding carboxylic acids is 1. The second-order valence-corrected chi connectivity index (χ2v) is 25.7. The number of allylic oxidation sites excluding steroid dienone is 3. The van der Waals surface area contributed by atoms with Gasteiger partial charge >= 0.3 is 7.82 Å². The van der Waals surface area contributed by atoms with E-state index in [0.29, 0.717) is 17.4 Å². The lowest BCUT2D eigenvalue weighted by molar-refractivity contribution is -0.870. The molecule has 0 aliphatic heterocycles. The summed E-state index contributed by atoms with van der Waals surface area (Å²) in [6.45, 7) is 4.86. The van der Waals surface area contributed by atoms with Gasteiger partial charge in [0.2, 0.25) is 5.91 Å². The second kappa shape index (κ2) is 57.7. The highest BCUT2D eigenvalue weighted by Gasteiger charge is 2.28. The molecular weight excluding hydrogens is 948 g/mol. The zero-order valence-electron chi connectivity index (χ0n) is 51.1. The van der Waals surface area contributed by atoms with Gasteiger partial charge in [0.25, 0.3) is 0 Å². The number of quaternary nitrogens is 1. The summed E-state index contributed by atoms with van der Waals surface area (Å²) >= 11 is 0. The van der Waals surface area contributed by atoms with E-state index < -0.39 is 20.0 Å². The van der Waals surface area contributed by atoms with Crippen molar-refractivity contribution in [2.45, 2.75) is 353 Å². The van der Waals surface area contributed by atoms with Gasteiger partial charge in [0.1, 0.15) is 13.2 Å². The predicted molar refractivity (Wildman–Crippen MR) is 328 cm³/mol. The van der Waals surface area contributed by atoms with Crippen LogP contribution in [-0.2, 0) is 18.4 Å². The van der Waals surface area contributed by atoms with Crippen LogP contribution in [0.1, 0.15) is 341 Å². The minimum absolute atomic E-state index is 0.0590. The monoisotopic (exact) mass is 1080 g/mol. The fourth-order valence-corrected chi connectivity index (χ4v) is 11.0. The molecule has 0 fully saturated rings. The summed E-state index contributed by atoms with van der Waals surface area (Å²) in [6, 6.07) is -0.861. The standard InChI is InChI=1S/C66H131N2O6P/c1-6-8-10-12-14-16-18-20-22-24-26-28-30-32-33-34-36-37-39-41-43-45-47-49-51-53-55-57-59-65(69)64(63-74-75(71,72)73-62-61-68(3,4)5)67-66(70)60-58-56-54-52-50-48-46-44-42-40-38-35-31-29-27-25-23-21-19-17-15-13-11-9-7-2/h49,51,57,59,64-65,69H,6-48,50,52-56,58,60-63H2,1-5H3,(H-,67,70,71,72)/p+1/b51-49+,59-57+. The molecule has 0 aliphatic carbocycles. The van der Waals surface area contributed by atoms with E-state index in [1.807, 2.05) is 27.2 Å². The Kier molecular flexibility index (Phi) is 56.9. The van der Waals surface area contributed by atoms with Gasteiger partial charge in [-0.3, -0.25) is 13.8 Å². The van der Waals surface area contributed by atoms with Crippen LogP contribution >= 0.6 is 7.82 Å². The summed E-state index contributed by atoms with van der Waals surface area (Å²) in [5.74, 6) is -0.179. The number of phosphoric acid groups is 1. The van der Waals surface area contributed by atoms with Crippen molar-refractivity contribution in [3.63, 3.8) is 0 Å². The smallest absolute Gasteiger partial charge is 0.387 e. The van der Waals surface area contributed by atoms with E-state index >= 15 is 0 Å². The summed E-state index contributed by atoms with van der Waals surface area (Å²) in [5.41, 5.74) is 0.